The lowest BCUT2D eigenvalue weighted by Gasteiger charge is -2.31. The minimum Gasteiger partial charge on any atom is -0.495 e. The minimum atomic E-state index is 0.00874. The Hall–Kier alpha value is -2.79. The average molecular weight is 377 g/mol. The van der Waals surface area contributed by atoms with Gasteiger partial charge in [0.1, 0.15) is 5.75 Å². The molecule has 146 valence electrons. The molecule has 0 aliphatic carbocycles. The third kappa shape index (κ3) is 3.90. The Morgan fingerprint density at radius 3 is 2.79 bits per heavy atom. The van der Waals surface area contributed by atoms with Crippen LogP contribution in [0.15, 0.2) is 48.7 Å². The fourth-order valence-electron chi connectivity index (χ4n) is 4.15. The van der Waals surface area contributed by atoms with E-state index in [1.165, 1.54) is 16.5 Å². The van der Waals surface area contributed by atoms with E-state index in [4.69, 9.17) is 4.74 Å². The van der Waals surface area contributed by atoms with Crippen molar-refractivity contribution in [3.8, 4) is 5.75 Å². The van der Waals surface area contributed by atoms with E-state index < -0.39 is 0 Å². The average Bonchev–Trinajstić information content (AvgIpc) is 3.13. The van der Waals surface area contributed by atoms with Gasteiger partial charge in [-0.25, -0.2) is 0 Å². The minimum absolute atomic E-state index is 0.00874. The summed E-state index contributed by atoms with van der Waals surface area (Å²) < 4.78 is 5.35. The molecule has 2 heterocycles. The number of H-pyrrole nitrogens is 1. The van der Waals surface area contributed by atoms with E-state index in [2.05, 4.69) is 45.7 Å². The highest BCUT2D eigenvalue weighted by atomic mass is 16.5. The Bertz CT molecular complexity index is 971. The van der Waals surface area contributed by atoms with Gasteiger partial charge in [-0.1, -0.05) is 24.3 Å². The van der Waals surface area contributed by atoms with Gasteiger partial charge in [-0.15, -0.1) is 0 Å². The van der Waals surface area contributed by atoms with Gasteiger partial charge in [-0.2, -0.15) is 0 Å². The Balaban J connectivity index is 1.34. The summed E-state index contributed by atoms with van der Waals surface area (Å²) >= 11 is 0. The summed E-state index contributed by atoms with van der Waals surface area (Å²) in [6, 6.07) is 14.3. The fourth-order valence-corrected chi connectivity index (χ4v) is 4.15. The zero-order valence-corrected chi connectivity index (χ0v) is 16.5. The van der Waals surface area contributed by atoms with Crippen molar-refractivity contribution in [2.45, 2.75) is 25.7 Å². The summed E-state index contributed by atoms with van der Waals surface area (Å²) in [5.74, 6) is 1.25. The number of aromatic amines is 1. The number of hydrogen-bond acceptors (Lipinski definition) is 3. The number of piperidine rings is 1. The second kappa shape index (κ2) is 8.07. The number of nitrogens with one attached hydrogen (secondary N) is 2. The maximum absolute atomic E-state index is 12.5. The third-order valence-electron chi connectivity index (χ3n) is 5.64. The highest BCUT2D eigenvalue weighted by Gasteiger charge is 2.24. The van der Waals surface area contributed by atoms with E-state index in [1.807, 2.05) is 25.1 Å². The molecule has 0 radical (unpaired) electrons. The van der Waals surface area contributed by atoms with Crippen LogP contribution in [-0.4, -0.2) is 42.5 Å². The predicted molar refractivity (Wildman–Crippen MR) is 113 cm³/mol. The van der Waals surface area contributed by atoms with Crippen molar-refractivity contribution in [3.05, 3.63) is 59.8 Å². The summed E-state index contributed by atoms with van der Waals surface area (Å²) in [5, 5.41) is 4.33. The van der Waals surface area contributed by atoms with Crippen LogP contribution in [0.5, 0.6) is 5.75 Å². The maximum Gasteiger partial charge on any atom is 0.238 e. The fraction of sp³-hybridized carbons (Fsp3) is 0.348. The number of rotatable bonds is 5. The first-order chi connectivity index (χ1) is 13.6. The number of carbonyl (C=O) groups is 1. The molecule has 1 aliphatic rings. The van der Waals surface area contributed by atoms with Crippen LogP contribution in [0.25, 0.3) is 10.9 Å². The second-order valence-electron chi connectivity index (χ2n) is 7.59. The lowest BCUT2D eigenvalue weighted by atomic mass is 9.89. The molecule has 2 N–H and O–H groups in total. The second-order valence-corrected chi connectivity index (χ2v) is 7.59. The number of ether oxygens (including phenoxy) is 1. The highest BCUT2D eigenvalue weighted by Crippen LogP contribution is 2.33. The summed E-state index contributed by atoms with van der Waals surface area (Å²) in [5.41, 5.74) is 4.44. The molecule has 0 spiro atoms. The van der Waals surface area contributed by atoms with Gasteiger partial charge in [0.05, 0.1) is 19.3 Å². The predicted octanol–water partition coefficient (Wildman–Crippen LogP) is 4.30. The molecule has 5 nitrogen and oxygen atoms in total. The Morgan fingerprint density at radius 1 is 1.21 bits per heavy atom. The zero-order chi connectivity index (χ0) is 19.5. The number of para-hydroxylation sites is 1. The largest absolute Gasteiger partial charge is 0.495 e. The van der Waals surface area contributed by atoms with E-state index in [9.17, 15) is 4.79 Å². The zero-order valence-electron chi connectivity index (χ0n) is 16.5. The number of amides is 1. The number of aryl methyl sites for hydroxylation is 1. The van der Waals surface area contributed by atoms with Crippen molar-refractivity contribution >= 4 is 22.5 Å². The van der Waals surface area contributed by atoms with E-state index in [-0.39, 0.29) is 5.91 Å². The van der Waals surface area contributed by atoms with Gasteiger partial charge in [-0.05, 0) is 68.1 Å². The van der Waals surface area contributed by atoms with E-state index >= 15 is 0 Å². The van der Waals surface area contributed by atoms with Crippen molar-refractivity contribution in [3.63, 3.8) is 0 Å². The maximum atomic E-state index is 12.5. The van der Waals surface area contributed by atoms with Crippen molar-refractivity contribution in [1.82, 2.24) is 9.88 Å². The van der Waals surface area contributed by atoms with E-state index in [0.29, 0.717) is 18.2 Å². The first-order valence-corrected chi connectivity index (χ1v) is 9.87. The summed E-state index contributed by atoms with van der Waals surface area (Å²) in [4.78, 5) is 18.2. The normalized spacial score (nSPS) is 15.6. The number of fused-ring (bicyclic) bond motifs is 1. The molecule has 0 bridgehead atoms. The van der Waals surface area contributed by atoms with Crippen molar-refractivity contribution in [2.24, 2.45) is 0 Å². The molecule has 2 aromatic carbocycles. The first kappa shape index (κ1) is 18.6. The van der Waals surface area contributed by atoms with Crippen molar-refractivity contribution < 1.29 is 9.53 Å². The number of carbonyl (C=O) groups excluding carboxylic acids is 1. The van der Waals surface area contributed by atoms with Crippen molar-refractivity contribution in [1.29, 1.82) is 0 Å². The molecule has 1 fully saturated rings. The molecule has 28 heavy (non-hydrogen) atoms. The molecule has 1 aliphatic heterocycles. The number of likely N-dealkylation sites (tertiary alicyclic amines) is 1. The van der Waals surface area contributed by atoms with Crippen molar-refractivity contribution in [2.75, 3.05) is 32.1 Å². The molecule has 0 atom stereocenters. The molecule has 1 aromatic heterocycles. The first-order valence-electron chi connectivity index (χ1n) is 9.87. The SMILES string of the molecule is COc1ccc(C)cc1NC(=O)CN1CCC(c2c[nH]c3ccccc23)CC1. The van der Waals surface area contributed by atoms with E-state index in [1.54, 1.807) is 7.11 Å². The van der Waals surface area contributed by atoms with Crippen LogP contribution < -0.4 is 10.1 Å². The Kier molecular flexibility index (Phi) is 5.35. The van der Waals surface area contributed by atoms with Crippen LogP contribution in [0.4, 0.5) is 5.69 Å². The molecule has 0 unspecified atom stereocenters. The molecular formula is C23H27N3O2. The van der Waals surface area contributed by atoms with Crippen LogP contribution in [0.3, 0.4) is 0 Å². The van der Waals surface area contributed by atoms with Gasteiger partial charge in [-0.3, -0.25) is 9.69 Å². The summed E-state index contributed by atoms with van der Waals surface area (Å²) in [7, 11) is 1.62. The quantitative estimate of drug-likeness (QED) is 0.697. The van der Waals surface area contributed by atoms with Crippen LogP contribution in [0.2, 0.25) is 0 Å². The van der Waals surface area contributed by atoms with Crippen LogP contribution in [0, 0.1) is 6.92 Å². The molecule has 1 amide bonds. The van der Waals surface area contributed by atoms with Gasteiger partial charge in [0.25, 0.3) is 0 Å². The van der Waals surface area contributed by atoms with E-state index in [0.717, 1.165) is 37.2 Å². The number of anilines is 1. The van der Waals surface area contributed by atoms with Gasteiger partial charge >= 0.3 is 0 Å². The summed E-state index contributed by atoms with van der Waals surface area (Å²) in [6.45, 7) is 4.29. The molecule has 5 heteroatoms. The monoisotopic (exact) mass is 377 g/mol. The van der Waals surface area contributed by atoms with Crippen LogP contribution in [0.1, 0.15) is 29.9 Å². The number of aromatic nitrogens is 1. The number of nitrogens with zero attached hydrogens (tertiary/aromatic N) is 1. The lowest BCUT2D eigenvalue weighted by Crippen LogP contribution is -2.38. The Morgan fingerprint density at radius 2 is 2.00 bits per heavy atom. The molecule has 3 aromatic rings. The molecule has 4 rings (SSSR count). The number of methoxy groups -OCH3 is 1. The number of hydrogen-bond donors (Lipinski definition) is 2. The summed E-state index contributed by atoms with van der Waals surface area (Å²) in [6.07, 6.45) is 4.30. The van der Waals surface area contributed by atoms with Crippen LogP contribution >= 0.6 is 0 Å². The van der Waals surface area contributed by atoms with Crippen LogP contribution in [-0.2, 0) is 4.79 Å². The topological polar surface area (TPSA) is 57.4 Å². The number of benzene rings is 2. The molecular weight excluding hydrogens is 350 g/mol. The standard InChI is InChI=1S/C23H27N3O2/c1-16-7-8-22(28-2)21(13-16)25-23(27)15-26-11-9-17(10-12-26)19-14-24-20-6-4-3-5-18(19)20/h3-8,13-14,17,24H,9-12,15H2,1-2H3,(H,25,27). The van der Waals surface area contributed by atoms with Gasteiger partial charge in [0.15, 0.2) is 0 Å². The Labute approximate surface area is 165 Å². The lowest BCUT2D eigenvalue weighted by molar-refractivity contribution is -0.117. The van der Waals surface area contributed by atoms with Gasteiger partial charge < -0.3 is 15.0 Å². The smallest absolute Gasteiger partial charge is 0.238 e. The molecule has 0 saturated carbocycles. The molecule has 1 saturated heterocycles. The third-order valence-corrected chi connectivity index (χ3v) is 5.64. The van der Waals surface area contributed by atoms with Gasteiger partial charge in [0, 0.05) is 17.1 Å². The van der Waals surface area contributed by atoms with Gasteiger partial charge in [0.2, 0.25) is 5.91 Å². The highest BCUT2D eigenvalue weighted by molar-refractivity contribution is 5.93.